The van der Waals surface area contributed by atoms with E-state index in [1.165, 1.54) is 4.90 Å². The standard InChI is InChI=1S/C13H16N2O2/c1-9-5-4-6-10(2)13(9)15-8-11(16)14(3)7-12(15)17/h4-6H,7-8H2,1-3H3. The molecular weight excluding hydrogens is 216 g/mol. The molecule has 2 amide bonds. The molecule has 1 fully saturated rings. The van der Waals surface area contributed by atoms with Crippen LogP contribution in [0.2, 0.25) is 0 Å². The second kappa shape index (κ2) is 4.20. The Morgan fingerprint density at radius 1 is 1.00 bits per heavy atom. The van der Waals surface area contributed by atoms with E-state index in [9.17, 15) is 9.59 Å². The van der Waals surface area contributed by atoms with Gasteiger partial charge in [0.1, 0.15) is 6.54 Å². The van der Waals surface area contributed by atoms with Gasteiger partial charge < -0.3 is 9.80 Å². The van der Waals surface area contributed by atoms with Crippen molar-refractivity contribution in [3.63, 3.8) is 0 Å². The number of aryl methyl sites for hydroxylation is 2. The molecule has 4 heteroatoms. The third-order valence-electron chi connectivity index (χ3n) is 3.10. The summed E-state index contributed by atoms with van der Waals surface area (Å²) in [4.78, 5) is 26.7. The summed E-state index contributed by atoms with van der Waals surface area (Å²) in [7, 11) is 1.66. The fraction of sp³-hybridized carbons (Fsp3) is 0.385. The Balaban J connectivity index is 2.40. The minimum Gasteiger partial charge on any atom is -0.335 e. The first kappa shape index (κ1) is 11.6. The van der Waals surface area contributed by atoms with Crippen LogP contribution in [0.3, 0.4) is 0 Å². The largest absolute Gasteiger partial charge is 0.335 e. The Labute approximate surface area is 101 Å². The Morgan fingerprint density at radius 2 is 1.59 bits per heavy atom. The molecule has 0 aliphatic carbocycles. The van der Waals surface area contributed by atoms with E-state index in [0.29, 0.717) is 0 Å². The molecule has 17 heavy (non-hydrogen) atoms. The van der Waals surface area contributed by atoms with E-state index in [2.05, 4.69) is 0 Å². The van der Waals surface area contributed by atoms with E-state index in [4.69, 9.17) is 0 Å². The summed E-state index contributed by atoms with van der Waals surface area (Å²) in [5.41, 5.74) is 2.92. The lowest BCUT2D eigenvalue weighted by atomic mass is 10.1. The maximum Gasteiger partial charge on any atom is 0.247 e. The molecular formula is C13H16N2O2. The Bertz CT molecular complexity index is 462. The number of hydrogen-bond acceptors (Lipinski definition) is 2. The van der Waals surface area contributed by atoms with Crippen LogP contribution in [0.15, 0.2) is 18.2 Å². The van der Waals surface area contributed by atoms with Crippen LogP contribution in [0, 0.1) is 13.8 Å². The van der Waals surface area contributed by atoms with Gasteiger partial charge in [-0.05, 0) is 25.0 Å². The summed E-state index contributed by atoms with van der Waals surface area (Å²) in [5, 5.41) is 0. The van der Waals surface area contributed by atoms with Crippen LogP contribution >= 0.6 is 0 Å². The third-order valence-corrected chi connectivity index (χ3v) is 3.10. The average molecular weight is 232 g/mol. The van der Waals surface area contributed by atoms with E-state index < -0.39 is 0 Å². The lowest BCUT2D eigenvalue weighted by Crippen LogP contribution is -2.52. The van der Waals surface area contributed by atoms with Crippen molar-refractivity contribution < 1.29 is 9.59 Å². The van der Waals surface area contributed by atoms with Gasteiger partial charge in [0.05, 0.1) is 12.2 Å². The minimum atomic E-state index is -0.0236. The smallest absolute Gasteiger partial charge is 0.247 e. The van der Waals surface area contributed by atoms with Gasteiger partial charge in [-0.3, -0.25) is 9.59 Å². The summed E-state index contributed by atoms with van der Waals surface area (Å²) in [6.07, 6.45) is 0. The molecule has 4 nitrogen and oxygen atoms in total. The number of rotatable bonds is 1. The van der Waals surface area contributed by atoms with Crippen molar-refractivity contribution in [1.29, 1.82) is 0 Å². The Hall–Kier alpha value is -1.84. The number of anilines is 1. The molecule has 0 radical (unpaired) electrons. The molecule has 0 saturated carbocycles. The summed E-state index contributed by atoms with van der Waals surface area (Å²) in [6, 6.07) is 5.87. The van der Waals surface area contributed by atoms with Gasteiger partial charge in [0.2, 0.25) is 11.8 Å². The molecule has 1 aromatic rings. The number of likely N-dealkylation sites (N-methyl/N-ethyl adjacent to an activating group) is 1. The quantitative estimate of drug-likeness (QED) is 0.727. The second-order valence-electron chi connectivity index (χ2n) is 4.47. The first-order valence-electron chi connectivity index (χ1n) is 5.61. The Morgan fingerprint density at radius 3 is 2.18 bits per heavy atom. The van der Waals surface area contributed by atoms with Gasteiger partial charge in [0.15, 0.2) is 0 Å². The number of para-hydroxylation sites is 1. The molecule has 0 N–H and O–H groups in total. The Kier molecular flexibility index (Phi) is 2.88. The van der Waals surface area contributed by atoms with E-state index in [0.717, 1.165) is 16.8 Å². The number of carbonyl (C=O) groups excluding carboxylic acids is 2. The molecule has 2 rings (SSSR count). The summed E-state index contributed by atoms with van der Waals surface area (Å²) in [6.45, 7) is 4.21. The van der Waals surface area contributed by atoms with Crippen LogP contribution in [0.1, 0.15) is 11.1 Å². The lowest BCUT2D eigenvalue weighted by Gasteiger charge is -2.33. The van der Waals surface area contributed by atoms with Crippen molar-refractivity contribution in [3.05, 3.63) is 29.3 Å². The normalized spacial score (nSPS) is 16.6. The molecule has 1 aromatic carbocycles. The van der Waals surface area contributed by atoms with Gasteiger partial charge in [-0.2, -0.15) is 0 Å². The summed E-state index contributed by atoms with van der Waals surface area (Å²) in [5.74, 6) is -0.0447. The van der Waals surface area contributed by atoms with Crippen LogP contribution in [0.5, 0.6) is 0 Å². The van der Waals surface area contributed by atoms with E-state index in [1.807, 2.05) is 32.0 Å². The molecule has 0 bridgehead atoms. The molecule has 0 aromatic heterocycles. The number of piperazine rings is 1. The van der Waals surface area contributed by atoms with Crippen molar-refractivity contribution in [2.45, 2.75) is 13.8 Å². The van der Waals surface area contributed by atoms with Crippen LogP contribution in [-0.4, -0.2) is 36.9 Å². The molecule has 1 aliphatic rings. The zero-order valence-electron chi connectivity index (χ0n) is 10.4. The van der Waals surface area contributed by atoms with Crippen molar-refractivity contribution in [3.8, 4) is 0 Å². The van der Waals surface area contributed by atoms with Crippen molar-refractivity contribution in [2.75, 3.05) is 25.0 Å². The third kappa shape index (κ3) is 2.02. The van der Waals surface area contributed by atoms with Crippen LogP contribution in [-0.2, 0) is 9.59 Å². The lowest BCUT2D eigenvalue weighted by molar-refractivity contribution is -0.136. The maximum absolute atomic E-state index is 12.0. The van der Waals surface area contributed by atoms with Gasteiger partial charge in [0.25, 0.3) is 0 Å². The summed E-state index contributed by atoms with van der Waals surface area (Å²) >= 11 is 0. The highest BCUT2D eigenvalue weighted by Crippen LogP contribution is 2.26. The molecule has 0 unspecified atom stereocenters. The maximum atomic E-state index is 12.0. The summed E-state index contributed by atoms with van der Waals surface area (Å²) < 4.78 is 0. The van der Waals surface area contributed by atoms with Crippen LogP contribution in [0.4, 0.5) is 5.69 Å². The molecule has 90 valence electrons. The number of nitrogens with zero attached hydrogens (tertiary/aromatic N) is 2. The second-order valence-corrected chi connectivity index (χ2v) is 4.47. The predicted molar refractivity (Wildman–Crippen MR) is 65.9 cm³/mol. The number of benzene rings is 1. The van der Waals surface area contributed by atoms with E-state index in [1.54, 1.807) is 11.9 Å². The van der Waals surface area contributed by atoms with Crippen LogP contribution < -0.4 is 4.90 Å². The SMILES string of the molecule is Cc1cccc(C)c1N1CC(=O)N(C)CC1=O. The van der Waals surface area contributed by atoms with Crippen molar-refractivity contribution in [2.24, 2.45) is 0 Å². The van der Waals surface area contributed by atoms with E-state index in [-0.39, 0.29) is 24.9 Å². The fourth-order valence-electron chi connectivity index (χ4n) is 2.16. The highest BCUT2D eigenvalue weighted by atomic mass is 16.2. The van der Waals surface area contributed by atoms with E-state index >= 15 is 0 Å². The number of carbonyl (C=O) groups is 2. The number of amides is 2. The van der Waals surface area contributed by atoms with Crippen LogP contribution in [0.25, 0.3) is 0 Å². The molecule has 0 spiro atoms. The molecule has 1 heterocycles. The zero-order chi connectivity index (χ0) is 12.6. The zero-order valence-corrected chi connectivity index (χ0v) is 10.4. The highest BCUT2D eigenvalue weighted by Gasteiger charge is 2.29. The minimum absolute atomic E-state index is 0.0211. The molecule has 0 atom stereocenters. The van der Waals surface area contributed by atoms with Gasteiger partial charge in [0, 0.05) is 7.05 Å². The fourth-order valence-corrected chi connectivity index (χ4v) is 2.16. The predicted octanol–water partition coefficient (Wildman–Crippen LogP) is 1.11. The van der Waals surface area contributed by atoms with Crippen molar-refractivity contribution >= 4 is 17.5 Å². The van der Waals surface area contributed by atoms with Gasteiger partial charge >= 0.3 is 0 Å². The van der Waals surface area contributed by atoms with Gasteiger partial charge in [-0.15, -0.1) is 0 Å². The monoisotopic (exact) mass is 232 g/mol. The number of hydrogen-bond donors (Lipinski definition) is 0. The first-order valence-corrected chi connectivity index (χ1v) is 5.61. The molecule has 1 saturated heterocycles. The highest BCUT2D eigenvalue weighted by molar-refractivity contribution is 6.05. The average Bonchev–Trinajstić information content (AvgIpc) is 2.25. The van der Waals surface area contributed by atoms with Gasteiger partial charge in [-0.25, -0.2) is 0 Å². The topological polar surface area (TPSA) is 40.6 Å². The van der Waals surface area contributed by atoms with Gasteiger partial charge in [-0.1, -0.05) is 18.2 Å². The first-order chi connectivity index (χ1) is 8.00. The van der Waals surface area contributed by atoms with Crippen molar-refractivity contribution in [1.82, 2.24) is 4.90 Å². The molecule has 1 aliphatic heterocycles.